The third-order valence-electron chi connectivity index (χ3n) is 6.59. The molecule has 2 aromatic heterocycles. The van der Waals surface area contributed by atoms with Crippen molar-refractivity contribution in [2.45, 2.75) is 44.3 Å². The molecule has 0 radical (unpaired) electrons. The summed E-state index contributed by atoms with van der Waals surface area (Å²) in [4.78, 5) is 29.4. The molecule has 0 spiro atoms. The molecule has 6 nitrogen and oxygen atoms in total. The minimum atomic E-state index is -0.279. The Labute approximate surface area is 174 Å². The number of aromatic nitrogens is 1. The van der Waals surface area contributed by atoms with Crippen LogP contribution in [0.4, 0.5) is 0 Å². The molecule has 3 aliphatic rings. The molecule has 2 atom stereocenters. The summed E-state index contributed by atoms with van der Waals surface area (Å²) in [5.41, 5.74) is 1.21. The Kier molecular flexibility index (Phi) is 5.28. The van der Waals surface area contributed by atoms with Gasteiger partial charge in [-0.25, -0.2) is 0 Å². The first-order valence-electron chi connectivity index (χ1n) is 10.5. The monoisotopic (exact) mass is 413 g/mol. The van der Waals surface area contributed by atoms with Gasteiger partial charge >= 0.3 is 0 Å². The van der Waals surface area contributed by atoms with Crippen molar-refractivity contribution in [3.8, 4) is 0 Å². The van der Waals surface area contributed by atoms with Gasteiger partial charge in [0.2, 0.25) is 0 Å². The van der Waals surface area contributed by atoms with E-state index in [-0.39, 0.29) is 17.0 Å². The molecule has 5 heterocycles. The number of rotatable bonds is 4. The molecule has 0 aromatic carbocycles. The molecule has 2 bridgehead atoms. The molecule has 29 heavy (non-hydrogen) atoms. The van der Waals surface area contributed by atoms with Gasteiger partial charge < -0.3 is 14.6 Å². The highest BCUT2D eigenvalue weighted by atomic mass is 32.1. The smallest absolute Gasteiger partial charge is 0.263 e. The molecule has 7 heteroatoms. The topological polar surface area (TPSA) is 63.6 Å². The van der Waals surface area contributed by atoms with E-state index < -0.39 is 0 Å². The zero-order valence-electron chi connectivity index (χ0n) is 16.5. The van der Waals surface area contributed by atoms with E-state index in [1.165, 1.54) is 0 Å². The third-order valence-corrected chi connectivity index (χ3v) is 7.46. The van der Waals surface area contributed by atoms with Crippen molar-refractivity contribution in [1.29, 1.82) is 0 Å². The molecular weight excluding hydrogens is 386 g/mol. The number of likely N-dealkylation sites (tertiary alicyclic amines) is 1. The highest BCUT2D eigenvalue weighted by molar-refractivity contribution is 7.09. The molecule has 5 rings (SSSR count). The van der Waals surface area contributed by atoms with Gasteiger partial charge in [-0.1, -0.05) is 6.07 Å². The van der Waals surface area contributed by atoms with Gasteiger partial charge in [-0.15, -0.1) is 11.3 Å². The minimum absolute atomic E-state index is 0.139. The first-order valence-corrected chi connectivity index (χ1v) is 11.4. The first-order chi connectivity index (χ1) is 14.2. The number of ether oxygens (including phenoxy) is 1. The molecular formula is C22H27N3O3S. The number of thiophene rings is 1. The van der Waals surface area contributed by atoms with Crippen LogP contribution in [0.1, 0.15) is 46.1 Å². The van der Waals surface area contributed by atoms with Crippen molar-refractivity contribution < 1.29 is 9.53 Å². The number of nitrogens with one attached hydrogen (secondary N) is 1. The molecule has 154 valence electrons. The van der Waals surface area contributed by atoms with E-state index >= 15 is 0 Å². The second-order valence-corrected chi connectivity index (χ2v) is 9.48. The predicted octanol–water partition coefficient (Wildman–Crippen LogP) is 2.44. The van der Waals surface area contributed by atoms with Crippen LogP contribution in [-0.2, 0) is 17.8 Å². The van der Waals surface area contributed by atoms with Gasteiger partial charge in [0, 0.05) is 55.4 Å². The van der Waals surface area contributed by atoms with E-state index in [0.717, 1.165) is 62.7 Å². The Bertz CT molecular complexity index is 933. The van der Waals surface area contributed by atoms with E-state index in [4.69, 9.17) is 4.74 Å². The quantitative estimate of drug-likeness (QED) is 0.836. The fraction of sp³-hybridized carbons (Fsp3) is 0.545. The Hall–Kier alpha value is -1.96. The van der Waals surface area contributed by atoms with E-state index in [2.05, 4.69) is 10.2 Å². The lowest BCUT2D eigenvalue weighted by molar-refractivity contribution is 0.00585. The highest BCUT2D eigenvalue weighted by Crippen LogP contribution is 2.37. The van der Waals surface area contributed by atoms with E-state index in [1.807, 2.05) is 28.1 Å². The van der Waals surface area contributed by atoms with Crippen molar-refractivity contribution in [3.05, 3.63) is 56.1 Å². The van der Waals surface area contributed by atoms with Gasteiger partial charge in [-0.2, -0.15) is 0 Å². The summed E-state index contributed by atoms with van der Waals surface area (Å²) in [6.45, 7) is 4.94. The Balaban J connectivity index is 1.34. The molecule has 3 aliphatic heterocycles. The van der Waals surface area contributed by atoms with Crippen LogP contribution in [0.15, 0.2) is 34.4 Å². The second-order valence-electron chi connectivity index (χ2n) is 8.45. The van der Waals surface area contributed by atoms with Gasteiger partial charge in [0.05, 0.1) is 6.54 Å². The largest absolute Gasteiger partial charge is 0.381 e. The van der Waals surface area contributed by atoms with Crippen molar-refractivity contribution in [2.24, 2.45) is 5.92 Å². The van der Waals surface area contributed by atoms with Crippen molar-refractivity contribution >= 4 is 17.2 Å². The average molecular weight is 414 g/mol. The van der Waals surface area contributed by atoms with Crippen LogP contribution in [0.5, 0.6) is 0 Å². The van der Waals surface area contributed by atoms with Gasteiger partial charge in [-0.3, -0.25) is 14.5 Å². The van der Waals surface area contributed by atoms with Crippen LogP contribution < -0.4 is 10.9 Å². The molecule has 2 fully saturated rings. The molecule has 0 unspecified atom stereocenters. The fourth-order valence-electron chi connectivity index (χ4n) is 5.18. The van der Waals surface area contributed by atoms with E-state index in [9.17, 15) is 9.59 Å². The second kappa shape index (κ2) is 8.05. The number of pyridine rings is 1. The number of carbonyl (C=O) groups is 1. The van der Waals surface area contributed by atoms with Crippen LogP contribution in [0.3, 0.4) is 0 Å². The Morgan fingerprint density at radius 3 is 2.83 bits per heavy atom. The zero-order chi connectivity index (χ0) is 19.8. The number of hydrogen-bond acceptors (Lipinski definition) is 5. The number of fused-ring (bicyclic) bond motifs is 4. The van der Waals surface area contributed by atoms with Crippen LogP contribution in [0.25, 0.3) is 0 Å². The average Bonchev–Trinajstić information content (AvgIpc) is 3.27. The summed E-state index contributed by atoms with van der Waals surface area (Å²) in [5, 5.41) is 4.87. The van der Waals surface area contributed by atoms with Crippen LogP contribution in [0, 0.1) is 5.92 Å². The van der Waals surface area contributed by atoms with E-state index in [0.29, 0.717) is 24.4 Å². The number of carbonyl (C=O) groups excluding carboxylic acids is 1. The summed E-state index contributed by atoms with van der Waals surface area (Å²) in [5.74, 6) is 0.575. The molecule has 2 aromatic rings. The van der Waals surface area contributed by atoms with Gasteiger partial charge in [-0.05, 0) is 48.8 Å². The molecule has 2 saturated heterocycles. The lowest BCUT2D eigenvalue weighted by Gasteiger charge is -2.46. The van der Waals surface area contributed by atoms with Gasteiger partial charge in [0.25, 0.3) is 11.5 Å². The predicted molar refractivity (Wildman–Crippen MR) is 112 cm³/mol. The maximum Gasteiger partial charge on any atom is 0.263 e. The first kappa shape index (κ1) is 19.0. The van der Waals surface area contributed by atoms with E-state index in [1.54, 1.807) is 17.4 Å². The SMILES string of the molecule is O=C(NCc1cccs1)c1ccc2n(c1=O)C[C@H]1C[C@@H]2CN(C2CCOCC2)C1. The van der Waals surface area contributed by atoms with Gasteiger partial charge in [0.15, 0.2) is 0 Å². The summed E-state index contributed by atoms with van der Waals surface area (Å²) in [6.07, 6.45) is 3.36. The Morgan fingerprint density at radius 2 is 2.03 bits per heavy atom. The maximum absolute atomic E-state index is 13.1. The van der Waals surface area contributed by atoms with Gasteiger partial charge in [0.1, 0.15) is 5.56 Å². The number of nitrogens with zero attached hydrogens (tertiary/aromatic N) is 2. The molecule has 0 aliphatic carbocycles. The molecule has 1 amide bonds. The minimum Gasteiger partial charge on any atom is -0.381 e. The lowest BCUT2D eigenvalue weighted by Crippen LogP contribution is -2.52. The van der Waals surface area contributed by atoms with Crippen molar-refractivity contribution in [1.82, 2.24) is 14.8 Å². The summed E-state index contributed by atoms with van der Waals surface area (Å²) < 4.78 is 7.40. The maximum atomic E-state index is 13.1. The number of piperidine rings is 1. The summed E-state index contributed by atoms with van der Waals surface area (Å²) >= 11 is 1.60. The lowest BCUT2D eigenvalue weighted by atomic mass is 9.82. The van der Waals surface area contributed by atoms with Crippen molar-refractivity contribution in [3.63, 3.8) is 0 Å². The van der Waals surface area contributed by atoms with Crippen molar-refractivity contribution in [2.75, 3.05) is 26.3 Å². The standard InChI is InChI=1S/C22H27N3O3S/c26-21(23-11-18-2-1-9-29-18)19-3-4-20-16-10-15(13-25(20)22(19)27)12-24(14-16)17-5-7-28-8-6-17/h1-4,9,15-17H,5-8,10-14H2,(H,23,26)/t15-,16+/m0/s1. The van der Waals surface area contributed by atoms with Crippen LogP contribution in [-0.4, -0.2) is 47.7 Å². The normalized spacial score (nSPS) is 24.8. The molecule has 0 saturated carbocycles. The molecule has 1 N–H and O–H groups in total. The number of amides is 1. The highest BCUT2D eigenvalue weighted by Gasteiger charge is 2.37. The fourth-order valence-corrected chi connectivity index (χ4v) is 5.82. The number of hydrogen-bond donors (Lipinski definition) is 1. The zero-order valence-corrected chi connectivity index (χ0v) is 17.3. The van der Waals surface area contributed by atoms with Crippen LogP contribution in [0.2, 0.25) is 0 Å². The summed E-state index contributed by atoms with van der Waals surface area (Å²) in [7, 11) is 0. The van der Waals surface area contributed by atoms with Crippen LogP contribution >= 0.6 is 11.3 Å². The summed E-state index contributed by atoms with van der Waals surface area (Å²) in [6, 6.07) is 8.29. The Morgan fingerprint density at radius 1 is 1.17 bits per heavy atom. The third kappa shape index (κ3) is 3.79.